The molecule has 4 heteroatoms. The van der Waals surface area contributed by atoms with Gasteiger partial charge in [0, 0.05) is 25.7 Å². The molecule has 0 radical (unpaired) electrons. The Balaban J connectivity index is 1.31. The molecule has 2 saturated carbocycles. The number of fused-ring (bicyclic) bond motifs is 1. The van der Waals surface area contributed by atoms with Crippen LogP contribution in [0.2, 0.25) is 0 Å². The van der Waals surface area contributed by atoms with Crippen molar-refractivity contribution in [2.45, 2.75) is 51.0 Å². The summed E-state index contributed by atoms with van der Waals surface area (Å²) in [5.41, 5.74) is -0.0764. The van der Waals surface area contributed by atoms with Crippen LogP contribution in [0, 0.1) is 17.3 Å². The monoisotopic (exact) mass is 291 g/mol. The van der Waals surface area contributed by atoms with Crippen LogP contribution in [0.1, 0.15) is 44.9 Å². The van der Waals surface area contributed by atoms with Gasteiger partial charge in [-0.1, -0.05) is 12.8 Å². The van der Waals surface area contributed by atoms with Crippen molar-refractivity contribution < 1.29 is 4.79 Å². The molecule has 118 valence electrons. The lowest BCUT2D eigenvalue weighted by Gasteiger charge is -2.37. The van der Waals surface area contributed by atoms with Gasteiger partial charge in [-0.2, -0.15) is 0 Å². The van der Waals surface area contributed by atoms with Gasteiger partial charge < -0.3 is 15.5 Å². The summed E-state index contributed by atoms with van der Waals surface area (Å²) in [5, 5.41) is 6.81. The summed E-state index contributed by atoms with van der Waals surface area (Å²) in [5.74, 6) is 1.61. The number of hydrogen-bond donors (Lipinski definition) is 2. The van der Waals surface area contributed by atoms with E-state index in [1.165, 1.54) is 51.6 Å². The predicted molar refractivity (Wildman–Crippen MR) is 83.0 cm³/mol. The zero-order valence-corrected chi connectivity index (χ0v) is 13.1. The Labute approximate surface area is 128 Å². The van der Waals surface area contributed by atoms with Crippen LogP contribution in [-0.2, 0) is 4.79 Å². The Bertz CT molecular complexity index is 409. The van der Waals surface area contributed by atoms with Crippen LogP contribution < -0.4 is 10.6 Å². The van der Waals surface area contributed by atoms with E-state index in [4.69, 9.17) is 0 Å². The minimum Gasteiger partial charge on any atom is -0.355 e. The van der Waals surface area contributed by atoms with Gasteiger partial charge in [-0.25, -0.2) is 0 Å². The molecule has 21 heavy (non-hydrogen) atoms. The zero-order valence-electron chi connectivity index (χ0n) is 13.1. The standard InChI is InChI=1S/C17H29N3O/c21-16(17-7-2-1-3-14(17)10-18-12-17)19-9-13-6-8-20(11-13)15-4-5-15/h13-15,18H,1-12H2,(H,19,21)/t13?,14-,17+/m0/s1. The van der Waals surface area contributed by atoms with Gasteiger partial charge in [-0.05, 0) is 57.0 Å². The highest BCUT2D eigenvalue weighted by atomic mass is 16.2. The lowest BCUT2D eigenvalue weighted by Crippen LogP contribution is -2.49. The van der Waals surface area contributed by atoms with Crippen molar-refractivity contribution in [3.05, 3.63) is 0 Å². The summed E-state index contributed by atoms with van der Waals surface area (Å²) in [4.78, 5) is 15.5. The molecule has 2 aliphatic heterocycles. The molecule has 4 fully saturated rings. The molecule has 2 N–H and O–H groups in total. The van der Waals surface area contributed by atoms with Crippen molar-refractivity contribution >= 4 is 5.91 Å². The maximum Gasteiger partial charge on any atom is 0.227 e. The molecule has 1 unspecified atom stereocenters. The van der Waals surface area contributed by atoms with Gasteiger partial charge in [0.15, 0.2) is 0 Å². The maximum absolute atomic E-state index is 12.8. The van der Waals surface area contributed by atoms with E-state index in [1.807, 2.05) is 0 Å². The normalized spacial score (nSPS) is 40.2. The third-order valence-electron chi connectivity index (χ3n) is 6.42. The van der Waals surface area contributed by atoms with E-state index in [2.05, 4.69) is 15.5 Å². The second kappa shape index (κ2) is 5.54. The van der Waals surface area contributed by atoms with Crippen molar-refractivity contribution in [1.82, 2.24) is 15.5 Å². The van der Waals surface area contributed by atoms with Crippen LogP contribution in [0.25, 0.3) is 0 Å². The molecule has 3 atom stereocenters. The van der Waals surface area contributed by atoms with Crippen molar-refractivity contribution in [2.75, 3.05) is 32.7 Å². The number of amides is 1. The molecular formula is C17H29N3O. The number of nitrogens with one attached hydrogen (secondary N) is 2. The molecule has 0 bridgehead atoms. The Morgan fingerprint density at radius 1 is 1.24 bits per heavy atom. The number of nitrogens with zero attached hydrogens (tertiary/aromatic N) is 1. The second-order valence-electron chi connectivity index (χ2n) is 7.82. The zero-order chi connectivity index (χ0) is 14.3. The summed E-state index contributed by atoms with van der Waals surface area (Å²) in [6.07, 6.45) is 8.93. The fourth-order valence-corrected chi connectivity index (χ4v) is 4.90. The van der Waals surface area contributed by atoms with Crippen molar-refractivity contribution in [3.8, 4) is 0 Å². The molecule has 4 rings (SSSR count). The van der Waals surface area contributed by atoms with E-state index in [1.54, 1.807) is 0 Å². The van der Waals surface area contributed by atoms with Gasteiger partial charge in [0.25, 0.3) is 0 Å². The summed E-state index contributed by atoms with van der Waals surface area (Å²) in [6, 6.07) is 0.881. The fourth-order valence-electron chi connectivity index (χ4n) is 4.90. The summed E-state index contributed by atoms with van der Waals surface area (Å²) in [6.45, 7) is 5.31. The first-order valence-electron chi connectivity index (χ1n) is 9.01. The maximum atomic E-state index is 12.8. The van der Waals surface area contributed by atoms with Crippen LogP contribution in [0.4, 0.5) is 0 Å². The van der Waals surface area contributed by atoms with E-state index in [9.17, 15) is 4.79 Å². The number of hydrogen-bond acceptors (Lipinski definition) is 3. The summed E-state index contributed by atoms with van der Waals surface area (Å²) >= 11 is 0. The molecule has 4 nitrogen and oxygen atoms in total. The van der Waals surface area contributed by atoms with Gasteiger partial charge in [0.2, 0.25) is 5.91 Å². The number of rotatable bonds is 4. The minimum absolute atomic E-state index is 0.0764. The number of likely N-dealkylation sites (tertiary alicyclic amines) is 1. The molecule has 0 aromatic carbocycles. The average molecular weight is 291 g/mol. The van der Waals surface area contributed by atoms with E-state index >= 15 is 0 Å². The quantitative estimate of drug-likeness (QED) is 0.822. The smallest absolute Gasteiger partial charge is 0.227 e. The van der Waals surface area contributed by atoms with E-state index in [-0.39, 0.29) is 5.41 Å². The molecule has 1 amide bonds. The highest BCUT2D eigenvalue weighted by Gasteiger charge is 2.49. The van der Waals surface area contributed by atoms with Gasteiger partial charge in [-0.3, -0.25) is 4.79 Å². The van der Waals surface area contributed by atoms with Crippen LogP contribution in [0.3, 0.4) is 0 Å². The lowest BCUT2D eigenvalue weighted by atomic mass is 9.67. The summed E-state index contributed by atoms with van der Waals surface area (Å²) in [7, 11) is 0. The Morgan fingerprint density at radius 2 is 2.14 bits per heavy atom. The predicted octanol–water partition coefficient (Wildman–Crippen LogP) is 1.37. The first-order chi connectivity index (χ1) is 10.3. The number of carbonyl (C=O) groups is 1. The van der Waals surface area contributed by atoms with E-state index in [0.29, 0.717) is 17.7 Å². The highest BCUT2D eigenvalue weighted by Crippen LogP contribution is 2.44. The Kier molecular flexibility index (Phi) is 3.70. The van der Waals surface area contributed by atoms with E-state index in [0.717, 1.165) is 32.1 Å². The second-order valence-corrected chi connectivity index (χ2v) is 7.82. The van der Waals surface area contributed by atoms with Crippen LogP contribution >= 0.6 is 0 Å². The largest absolute Gasteiger partial charge is 0.355 e. The van der Waals surface area contributed by atoms with Crippen LogP contribution in [-0.4, -0.2) is 49.6 Å². The van der Waals surface area contributed by atoms with Crippen molar-refractivity contribution in [3.63, 3.8) is 0 Å². The molecule has 0 spiro atoms. The van der Waals surface area contributed by atoms with Gasteiger partial charge >= 0.3 is 0 Å². The highest BCUT2D eigenvalue weighted by molar-refractivity contribution is 5.83. The third-order valence-corrected chi connectivity index (χ3v) is 6.42. The lowest BCUT2D eigenvalue weighted by molar-refractivity contribution is -0.134. The molecule has 0 aromatic rings. The molecule has 2 heterocycles. The topological polar surface area (TPSA) is 44.4 Å². The van der Waals surface area contributed by atoms with Crippen molar-refractivity contribution in [2.24, 2.45) is 17.3 Å². The van der Waals surface area contributed by atoms with Gasteiger partial charge in [0.1, 0.15) is 0 Å². The first kappa shape index (κ1) is 14.0. The molecule has 2 saturated heterocycles. The third kappa shape index (κ3) is 2.61. The summed E-state index contributed by atoms with van der Waals surface area (Å²) < 4.78 is 0. The number of carbonyl (C=O) groups excluding carboxylic acids is 1. The van der Waals surface area contributed by atoms with Crippen molar-refractivity contribution in [1.29, 1.82) is 0 Å². The molecule has 2 aliphatic carbocycles. The van der Waals surface area contributed by atoms with Gasteiger partial charge in [0.05, 0.1) is 5.41 Å². The SMILES string of the molecule is O=C(NCC1CCN(C2CC2)C1)[C@@]12CCCC[C@H]1CNC2. The molecule has 0 aromatic heterocycles. The molecular weight excluding hydrogens is 262 g/mol. The van der Waals surface area contributed by atoms with Crippen LogP contribution in [0.15, 0.2) is 0 Å². The average Bonchev–Trinajstić information content (AvgIpc) is 3.09. The Morgan fingerprint density at radius 3 is 3.00 bits per heavy atom. The minimum atomic E-state index is -0.0764. The fraction of sp³-hybridized carbons (Fsp3) is 0.941. The van der Waals surface area contributed by atoms with Gasteiger partial charge in [-0.15, -0.1) is 0 Å². The van der Waals surface area contributed by atoms with E-state index < -0.39 is 0 Å². The Hall–Kier alpha value is -0.610. The molecule has 4 aliphatic rings. The van der Waals surface area contributed by atoms with Crippen LogP contribution in [0.5, 0.6) is 0 Å². The first-order valence-corrected chi connectivity index (χ1v) is 9.01.